The summed E-state index contributed by atoms with van der Waals surface area (Å²) in [6, 6.07) is 13.3. The Hall–Kier alpha value is -2.66. The molecule has 1 nitrogen and oxygen atoms in total. The third-order valence-corrected chi connectivity index (χ3v) is 4.18. The first-order valence-corrected chi connectivity index (χ1v) is 9.13. The van der Waals surface area contributed by atoms with Gasteiger partial charge in [0.15, 0.2) is 0 Å². The molecule has 0 aliphatic rings. The van der Waals surface area contributed by atoms with Gasteiger partial charge in [0.25, 0.3) is 0 Å². The van der Waals surface area contributed by atoms with Crippen LogP contribution in [-0.4, -0.2) is 0 Å². The minimum absolute atomic E-state index is 0.195. The maximum atomic E-state index is 13.6. The van der Waals surface area contributed by atoms with E-state index in [-0.39, 0.29) is 5.82 Å². The van der Waals surface area contributed by atoms with Gasteiger partial charge in [-0.1, -0.05) is 51.1 Å². The van der Waals surface area contributed by atoms with Crippen LogP contribution in [0, 0.1) is 31.0 Å². The van der Waals surface area contributed by atoms with Crippen molar-refractivity contribution in [2.45, 2.75) is 48.0 Å². The van der Waals surface area contributed by atoms with Crippen LogP contribution < -0.4 is 0 Å². The fourth-order valence-electron chi connectivity index (χ4n) is 2.62. The van der Waals surface area contributed by atoms with Gasteiger partial charge >= 0.3 is 0 Å². The lowest BCUT2D eigenvalue weighted by Crippen LogP contribution is -1.92. The largest absolute Gasteiger partial charge is 0.207 e. The third-order valence-electron chi connectivity index (χ3n) is 4.18. The van der Waals surface area contributed by atoms with Gasteiger partial charge in [-0.3, -0.25) is 0 Å². The molecule has 0 heterocycles. The standard InChI is InChI=1S/C22H22FN.C2H6/c1-5-6-7-21(19-9-8-15(2)20(13-19)14-24)17(4)18-10-11-22(23)16(3)12-18;1-2/h6-13H,5H2,1-4H3;1-2H3/b7-6-,21-17-;. The molecule has 0 bridgehead atoms. The Morgan fingerprint density at radius 2 is 1.69 bits per heavy atom. The molecular weight excluding hydrogens is 321 g/mol. The molecule has 26 heavy (non-hydrogen) atoms. The predicted molar refractivity (Wildman–Crippen MR) is 110 cm³/mol. The van der Waals surface area contributed by atoms with E-state index in [4.69, 9.17) is 0 Å². The van der Waals surface area contributed by atoms with Crippen LogP contribution in [0.15, 0.2) is 48.6 Å². The summed E-state index contributed by atoms with van der Waals surface area (Å²) in [5, 5.41) is 9.30. The van der Waals surface area contributed by atoms with Crippen LogP contribution in [0.1, 0.15) is 61.9 Å². The summed E-state index contributed by atoms with van der Waals surface area (Å²) in [5.41, 5.74) is 6.39. The van der Waals surface area contributed by atoms with E-state index >= 15 is 0 Å². The molecule has 0 aromatic heterocycles. The Bertz CT molecular complexity index is 851. The molecule has 0 saturated carbocycles. The van der Waals surface area contributed by atoms with Crippen molar-refractivity contribution >= 4 is 11.1 Å². The number of rotatable bonds is 4. The van der Waals surface area contributed by atoms with Gasteiger partial charge < -0.3 is 0 Å². The average Bonchev–Trinajstić information content (AvgIpc) is 2.66. The van der Waals surface area contributed by atoms with E-state index < -0.39 is 0 Å². The summed E-state index contributed by atoms with van der Waals surface area (Å²) in [7, 11) is 0. The first-order chi connectivity index (χ1) is 12.5. The minimum Gasteiger partial charge on any atom is -0.207 e. The van der Waals surface area contributed by atoms with Gasteiger partial charge in [-0.2, -0.15) is 5.26 Å². The van der Waals surface area contributed by atoms with Crippen LogP contribution in [0.4, 0.5) is 4.39 Å². The first-order valence-electron chi connectivity index (χ1n) is 9.13. The van der Waals surface area contributed by atoms with Crippen LogP contribution in [-0.2, 0) is 0 Å². The molecule has 0 radical (unpaired) electrons. The molecule has 2 rings (SSSR count). The Balaban J connectivity index is 0.00000163. The number of hydrogen-bond donors (Lipinski definition) is 0. The maximum Gasteiger partial charge on any atom is 0.126 e. The van der Waals surface area contributed by atoms with E-state index in [9.17, 15) is 9.65 Å². The second-order valence-electron chi connectivity index (χ2n) is 5.95. The number of nitriles is 1. The van der Waals surface area contributed by atoms with Crippen LogP contribution in [0.25, 0.3) is 11.1 Å². The fraction of sp³-hybridized carbons (Fsp3) is 0.292. The molecule has 0 spiro atoms. The molecule has 0 unspecified atom stereocenters. The molecule has 136 valence electrons. The first kappa shape index (κ1) is 21.4. The highest BCUT2D eigenvalue weighted by atomic mass is 19.1. The van der Waals surface area contributed by atoms with Crippen molar-refractivity contribution in [2.24, 2.45) is 0 Å². The number of nitrogens with zero attached hydrogens (tertiary/aromatic N) is 1. The normalized spacial score (nSPS) is 11.5. The van der Waals surface area contributed by atoms with Crippen LogP contribution >= 0.6 is 0 Å². The lowest BCUT2D eigenvalue weighted by atomic mass is 9.92. The number of allylic oxidation sites excluding steroid dienone is 4. The third kappa shape index (κ3) is 5.17. The number of halogens is 1. The molecule has 0 aliphatic carbocycles. The summed E-state index contributed by atoms with van der Waals surface area (Å²) in [5.74, 6) is -0.195. The average molecular weight is 349 g/mol. The second-order valence-corrected chi connectivity index (χ2v) is 5.95. The second kappa shape index (κ2) is 10.4. The molecule has 0 N–H and O–H groups in total. The Labute approximate surface area is 157 Å². The molecule has 2 aromatic carbocycles. The van der Waals surface area contributed by atoms with Crippen molar-refractivity contribution in [1.82, 2.24) is 0 Å². The lowest BCUT2D eigenvalue weighted by molar-refractivity contribution is 0.618. The molecule has 2 aromatic rings. The number of hydrogen-bond acceptors (Lipinski definition) is 1. The molecule has 2 heteroatoms. The number of benzene rings is 2. The van der Waals surface area contributed by atoms with Gasteiger partial charge in [0.05, 0.1) is 11.6 Å². The van der Waals surface area contributed by atoms with Crippen LogP contribution in [0.5, 0.6) is 0 Å². The smallest absolute Gasteiger partial charge is 0.126 e. The minimum atomic E-state index is -0.195. The zero-order valence-corrected chi connectivity index (χ0v) is 16.7. The fourth-order valence-corrected chi connectivity index (χ4v) is 2.62. The molecular formula is C24H28FN. The van der Waals surface area contributed by atoms with Crippen molar-refractivity contribution in [1.29, 1.82) is 5.26 Å². The van der Waals surface area contributed by atoms with Gasteiger partial charge in [-0.25, -0.2) is 4.39 Å². The molecule has 0 amide bonds. The van der Waals surface area contributed by atoms with E-state index in [2.05, 4.69) is 25.1 Å². The van der Waals surface area contributed by atoms with Gasteiger partial charge in [-0.05, 0) is 78.8 Å². The van der Waals surface area contributed by atoms with Crippen molar-refractivity contribution in [3.8, 4) is 6.07 Å². The molecule has 0 atom stereocenters. The quantitative estimate of drug-likeness (QED) is 0.421. The van der Waals surface area contributed by atoms with Gasteiger partial charge in [0, 0.05) is 0 Å². The van der Waals surface area contributed by atoms with Gasteiger partial charge in [0.1, 0.15) is 5.82 Å². The van der Waals surface area contributed by atoms with Crippen molar-refractivity contribution in [2.75, 3.05) is 0 Å². The van der Waals surface area contributed by atoms with Gasteiger partial charge in [0.2, 0.25) is 0 Å². The lowest BCUT2D eigenvalue weighted by Gasteiger charge is -2.12. The molecule has 0 saturated heterocycles. The van der Waals surface area contributed by atoms with Crippen LogP contribution in [0.2, 0.25) is 0 Å². The SMILES string of the molecule is CC.CC/C=C\C(=C(/C)c1ccc(F)c(C)c1)c1ccc(C)c(C#N)c1. The summed E-state index contributed by atoms with van der Waals surface area (Å²) >= 11 is 0. The molecule has 0 aliphatic heterocycles. The number of aryl methyl sites for hydroxylation is 2. The summed E-state index contributed by atoms with van der Waals surface area (Å²) in [6.45, 7) is 11.8. The van der Waals surface area contributed by atoms with E-state index in [1.165, 1.54) is 6.07 Å². The summed E-state index contributed by atoms with van der Waals surface area (Å²) < 4.78 is 13.6. The van der Waals surface area contributed by atoms with E-state index in [0.29, 0.717) is 11.1 Å². The Kier molecular flexibility index (Phi) is 8.52. The van der Waals surface area contributed by atoms with E-state index in [1.54, 1.807) is 13.0 Å². The monoisotopic (exact) mass is 349 g/mol. The summed E-state index contributed by atoms with van der Waals surface area (Å²) in [6.07, 6.45) is 5.11. The zero-order valence-electron chi connectivity index (χ0n) is 16.7. The molecule has 0 fully saturated rings. The van der Waals surface area contributed by atoms with Gasteiger partial charge in [-0.15, -0.1) is 0 Å². The highest BCUT2D eigenvalue weighted by Gasteiger charge is 2.09. The Morgan fingerprint density at radius 3 is 2.27 bits per heavy atom. The highest BCUT2D eigenvalue weighted by molar-refractivity contribution is 5.95. The highest BCUT2D eigenvalue weighted by Crippen LogP contribution is 2.29. The van der Waals surface area contributed by atoms with Crippen LogP contribution in [0.3, 0.4) is 0 Å². The van der Waals surface area contributed by atoms with E-state index in [0.717, 1.165) is 34.3 Å². The zero-order chi connectivity index (χ0) is 19.7. The van der Waals surface area contributed by atoms with Crippen molar-refractivity contribution in [3.05, 3.63) is 82.2 Å². The topological polar surface area (TPSA) is 23.8 Å². The maximum absolute atomic E-state index is 13.6. The van der Waals surface area contributed by atoms with E-state index in [1.807, 2.05) is 52.0 Å². The Morgan fingerprint density at radius 1 is 1.04 bits per heavy atom. The predicted octanol–water partition coefficient (Wildman–Crippen LogP) is 7.24. The summed E-state index contributed by atoms with van der Waals surface area (Å²) in [4.78, 5) is 0. The van der Waals surface area contributed by atoms with Crippen molar-refractivity contribution < 1.29 is 4.39 Å². The van der Waals surface area contributed by atoms with Crippen molar-refractivity contribution in [3.63, 3.8) is 0 Å².